The molecule has 7 heteroatoms. The number of esters is 1. The Bertz CT molecular complexity index is 1030. The first kappa shape index (κ1) is 19.0. The van der Waals surface area contributed by atoms with Gasteiger partial charge in [0.15, 0.2) is 6.61 Å². The standard InChI is InChI=1S/C22H17ClN2O4/c23-17-10-8-15(9-11-17)18-13-19(20-7-4-12-28-20)25(24-18)21(26)14-29-22(27)16-5-2-1-3-6-16/h1-12,19H,13-14H2/t19-/m0/s1. The van der Waals surface area contributed by atoms with E-state index in [9.17, 15) is 9.59 Å². The molecule has 0 spiro atoms. The molecule has 1 aliphatic rings. The molecular weight excluding hydrogens is 392 g/mol. The Morgan fingerprint density at radius 1 is 1.07 bits per heavy atom. The molecule has 146 valence electrons. The number of carbonyl (C=O) groups excluding carboxylic acids is 2. The molecule has 0 saturated heterocycles. The summed E-state index contributed by atoms with van der Waals surface area (Å²) in [6, 6.07) is 18.9. The van der Waals surface area contributed by atoms with E-state index in [2.05, 4.69) is 5.10 Å². The number of rotatable bonds is 5. The van der Waals surface area contributed by atoms with Gasteiger partial charge in [0.2, 0.25) is 0 Å². The van der Waals surface area contributed by atoms with Crippen LogP contribution in [0, 0.1) is 0 Å². The summed E-state index contributed by atoms with van der Waals surface area (Å²) < 4.78 is 10.7. The van der Waals surface area contributed by atoms with Crippen molar-refractivity contribution in [1.82, 2.24) is 5.01 Å². The fourth-order valence-corrected chi connectivity index (χ4v) is 3.24. The number of hydrazone groups is 1. The van der Waals surface area contributed by atoms with Gasteiger partial charge in [-0.15, -0.1) is 0 Å². The van der Waals surface area contributed by atoms with E-state index in [1.165, 1.54) is 5.01 Å². The van der Waals surface area contributed by atoms with Gasteiger partial charge in [0.05, 0.1) is 17.5 Å². The summed E-state index contributed by atoms with van der Waals surface area (Å²) in [4.78, 5) is 24.9. The summed E-state index contributed by atoms with van der Waals surface area (Å²) in [5.41, 5.74) is 1.98. The maximum atomic E-state index is 12.8. The van der Waals surface area contributed by atoms with Crippen molar-refractivity contribution in [2.45, 2.75) is 12.5 Å². The molecule has 29 heavy (non-hydrogen) atoms. The van der Waals surface area contributed by atoms with Crippen molar-refractivity contribution in [3.8, 4) is 0 Å². The molecule has 0 fully saturated rings. The molecule has 3 aromatic rings. The van der Waals surface area contributed by atoms with E-state index in [4.69, 9.17) is 20.8 Å². The lowest BCUT2D eigenvalue weighted by Crippen LogP contribution is -2.31. The average Bonchev–Trinajstić information content (AvgIpc) is 3.43. The SMILES string of the molecule is O=C(OCC(=O)N1N=C(c2ccc(Cl)cc2)C[C@H]1c1ccco1)c1ccccc1. The van der Waals surface area contributed by atoms with Crippen molar-refractivity contribution >= 4 is 29.2 Å². The minimum absolute atomic E-state index is 0.384. The van der Waals surface area contributed by atoms with Crippen LogP contribution in [0.5, 0.6) is 0 Å². The summed E-state index contributed by atoms with van der Waals surface area (Å²) in [6.07, 6.45) is 2.03. The van der Waals surface area contributed by atoms with Gasteiger partial charge in [-0.3, -0.25) is 4.79 Å². The van der Waals surface area contributed by atoms with Crippen LogP contribution in [-0.4, -0.2) is 29.2 Å². The third kappa shape index (κ3) is 4.22. The van der Waals surface area contributed by atoms with Gasteiger partial charge in [-0.05, 0) is 42.0 Å². The third-order valence-electron chi connectivity index (χ3n) is 4.55. The van der Waals surface area contributed by atoms with Crippen molar-refractivity contribution in [3.63, 3.8) is 0 Å². The van der Waals surface area contributed by atoms with Gasteiger partial charge in [-0.1, -0.05) is 41.9 Å². The van der Waals surface area contributed by atoms with Gasteiger partial charge in [-0.2, -0.15) is 5.10 Å². The Morgan fingerprint density at radius 2 is 1.83 bits per heavy atom. The van der Waals surface area contributed by atoms with Crippen LogP contribution in [-0.2, 0) is 9.53 Å². The Hall–Kier alpha value is -3.38. The van der Waals surface area contributed by atoms with E-state index in [1.54, 1.807) is 60.9 Å². The summed E-state index contributed by atoms with van der Waals surface area (Å²) >= 11 is 5.96. The molecule has 2 aromatic carbocycles. The predicted octanol–water partition coefficient (Wildman–Crippen LogP) is 4.47. The molecule has 1 aromatic heterocycles. The molecule has 0 aliphatic carbocycles. The number of ether oxygens (including phenoxy) is 1. The molecule has 1 amide bonds. The highest BCUT2D eigenvalue weighted by Crippen LogP contribution is 2.33. The molecule has 0 N–H and O–H groups in total. The number of amides is 1. The predicted molar refractivity (Wildman–Crippen MR) is 108 cm³/mol. The zero-order valence-electron chi connectivity index (χ0n) is 15.3. The Morgan fingerprint density at radius 3 is 2.52 bits per heavy atom. The highest BCUT2D eigenvalue weighted by atomic mass is 35.5. The first-order chi connectivity index (χ1) is 14.1. The molecule has 0 unspecified atom stereocenters. The maximum Gasteiger partial charge on any atom is 0.338 e. The maximum absolute atomic E-state index is 12.8. The number of hydrogen-bond acceptors (Lipinski definition) is 5. The van der Waals surface area contributed by atoms with Crippen molar-refractivity contribution in [3.05, 3.63) is 94.9 Å². The fourth-order valence-electron chi connectivity index (χ4n) is 3.11. The fraction of sp³-hybridized carbons (Fsp3) is 0.136. The number of carbonyl (C=O) groups is 2. The van der Waals surface area contributed by atoms with Gasteiger partial charge in [0.25, 0.3) is 5.91 Å². The number of hydrogen-bond donors (Lipinski definition) is 0. The third-order valence-corrected chi connectivity index (χ3v) is 4.80. The van der Waals surface area contributed by atoms with Crippen LogP contribution in [0.2, 0.25) is 5.02 Å². The molecule has 0 saturated carbocycles. The molecule has 0 bridgehead atoms. The van der Waals surface area contributed by atoms with Crippen LogP contribution in [0.4, 0.5) is 0 Å². The summed E-state index contributed by atoms with van der Waals surface area (Å²) in [5, 5.41) is 6.42. The first-order valence-electron chi connectivity index (χ1n) is 9.03. The van der Waals surface area contributed by atoms with Crippen molar-refractivity contribution in [1.29, 1.82) is 0 Å². The van der Waals surface area contributed by atoms with E-state index in [0.717, 1.165) is 11.3 Å². The second-order valence-electron chi connectivity index (χ2n) is 6.47. The minimum atomic E-state index is -0.561. The molecule has 6 nitrogen and oxygen atoms in total. The van der Waals surface area contributed by atoms with Gasteiger partial charge in [-0.25, -0.2) is 9.80 Å². The topological polar surface area (TPSA) is 72.1 Å². The molecule has 4 rings (SSSR count). The minimum Gasteiger partial charge on any atom is -0.467 e. The monoisotopic (exact) mass is 408 g/mol. The second-order valence-corrected chi connectivity index (χ2v) is 6.91. The van der Waals surface area contributed by atoms with E-state index in [-0.39, 0.29) is 0 Å². The van der Waals surface area contributed by atoms with E-state index in [0.29, 0.717) is 22.8 Å². The van der Waals surface area contributed by atoms with E-state index in [1.807, 2.05) is 12.1 Å². The lowest BCUT2D eigenvalue weighted by Gasteiger charge is -2.19. The highest BCUT2D eigenvalue weighted by Gasteiger charge is 2.35. The smallest absolute Gasteiger partial charge is 0.338 e. The zero-order chi connectivity index (χ0) is 20.2. The molecular formula is C22H17ClN2O4. The quantitative estimate of drug-likeness (QED) is 0.584. The normalized spacial score (nSPS) is 15.8. The Kier molecular flexibility index (Phi) is 5.44. The van der Waals surface area contributed by atoms with Gasteiger partial charge < -0.3 is 9.15 Å². The van der Waals surface area contributed by atoms with E-state index < -0.39 is 24.5 Å². The first-order valence-corrected chi connectivity index (χ1v) is 9.40. The number of nitrogens with zero attached hydrogens (tertiary/aromatic N) is 2. The molecule has 1 aliphatic heterocycles. The molecule has 1 atom stereocenters. The Balaban J connectivity index is 1.52. The van der Waals surface area contributed by atoms with Crippen molar-refractivity contribution in [2.75, 3.05) is 6.61 Å². The summed E-state index contributed by atoms with van der Waals surface area (Å²) in [7, 11) is 0. The molecule has 0 radical (unpaired) electrons. The number of benzene rings is 2. The lowest BCUT2D eigenvalue weighted by atomic mass is 10.0. The van der Waals surface area contributed by atoms with Crippen LogP contribution >= 0.6 is 11.6 Å². The molecule has 2 heterocycles. The summed E-state index contributed by atoms with van der Waals surface area (Å²) in [5.74, 6) is -0.380. The van der Waals surface area contributed by atoms with Crippen LogP contribution < -0.4 is 0 Å². The number of furan rings is 1. The second kappa shape index (κ2) is 8.32. The van der Waals surface area contributed by atoms with Gasteiger partial charge in [0.1, 0.15) is 11.8 Å². The highest BCUT2D eigenvalue weighted by molar-refractivity contribution is 6.30. The van der Waals surface area contributed by atoms with Crippen LogP contribution in [0.25, 0.3) is 0 Å². The van der Waals surface area contributed by atoms with Crippen molar-refractivity contribution in [2.24, 2.45) is 5.10 Å². The van der Waals surface area contributed by atoms with Gasteiger partial charge in [0, 0.05) is 11.4 Å². The largest absolute Gasteiger partial charge is 0.467 e. The van der Waals surface area contributed by atoms with Crippen LogP contribution in [0.15, 0.2) is 82.5 Å². The number of halogens is 1. The Labute approximate surface area is 172 Å². The summed E-state index contributed by atoms with van der Waals surface area (Å²) in [6.45, 7) is -0.414. The van der Waals surface area contributed by atoms with Gasteiger partial charge >= 0.3 is 5.97 Å². The van der Waals surface area contributed by atoms with E-state index >= 15 is 0 Å². The van der Waals surface area contributed by atoms with Crippen LogP contribution in [0.3, 0.4) is 0 Å². The average molecular weight is 409 g/mol. The zero-order valence-corrected chi connectivity index (χ0v) is 16.1. The van der Waals surface area contributed by atoms with Crippen LogP contribution in [0.1, 0.15) is 34.1 Å². The lowest BCUT2D eigenvalue weighted by molar-refractivity contribution is -0.136. The van der Waals surface area contributed by atoms with Crippen molar-refractivity contribution < 1.29 is 18.7 Å².